The second-order valence-corrected chi connectivity index (χ2v) is 4.02. The summed E-state index contributed by atoms with van der Waals surface area (Å²) in [7, 11) is 0. The van der Waals surface area contributed by atoms with Gasteiger partial charge in [0.1, 0.15) is 6.33 Å². The highest BCUT2D eigenvalue weighted by molar-refractivity contribution is 5.82. The van der Waals surface area contributed by atoms with Gasteiger partial charge in [0.05, 0.1) is 29.4 Å². The molecule has 1 aromatic carbocycles. The minimum absolute atomic E-state index is 0.139. The smallest absolute Gasteiger partial charge is 0.309 e. The average Bonchev–Trinajstić information content (AvgIpc) is 2.84. The highest BCUT2D eigenvalue weighted by Gasteiger charge is 2.12. The summed E-state index contributed by atoms with van der Waals surface area (Å²) in [6.45, 7) is 0. The summed E-state index contributed by atoms with van der Waals surface area (Å²) in [4.78, 5) is 19.0. The number of rotatable bonds is 3. The fourth-order valence-corrected chi connectivity index (χ4v) is 1.93. The number of fused-ring (bicyclic) bond motifs is 1. The van der Waals surface area contributed by atoms with E-state index in [-0.39, 0.29) is 6.42 Å². The van der Waals surface area contributed by atoms with Gasteiger partial charge in [-0.2, -0.15) is 5.10 Å². The summed E-state index contributed by atoms with van der Waals surface area (Å²) in [5.41, 5.74) is 1.95. The number of para-hydroxylation sites is 1. The summed E-state index contributed by atoms with van der Waals surface area (Å²) >= 11 is 0. The molecule has 3 rings (SSSR count). The number of aromatic nitrogens is 4. The van der Waals surface area contributed by atoms with E-state index in [2.05, 4.69) is 15.1 Å². The zero-order valence-corrected chi connectivity index (χ0v) is 9.89. The average molecular weight is 254 g/mol. The van der Waals surface area contributed by atoms with Gasteiger partial charge in [-0.25, -0.2) is 14.6 Å². The van der Waals surface area contributed by atoms with Gasteiger partial charge in [0.25, 0.3) is 0 Å². The van der Waals surface area contributed by atoms with Gasteiger partial charge in [-0.1, -0.05) is 18.2 Å². The molecule has 2 aromatic heterocycles. The van der Waals surface area contributed by atoms with Crippen molar-refractivity contribution in [2.75, 3.05) is 0 Å². The molecule has 6 heteroatoms. The molecule has 2 heterocycles. The normalized spacial score (nSPS) is 10.7. The van der Waals surface area contributed by atoms with E-state index >= 15 is 0 Å². The molecule has 0 unspecified atom stereocenters. The van der Waals surface area contributed by atoms with Crippen LogP contribution in [0.1, 0.15) is 5.69 Å². The van der Waals surface area contributed by atoms with Crippen LogP contribution in [-0.4, -0.2) is 30.8 Å². The monoisotopic (exact) mass is 254 g/mol. The molecule has 19 heavy (non-hydrogen) atoms. The van der Waals surface area contributed by atoms with Crippen molar-refractivity contribution < 1.29 is 9.90 Å². The van der Waals surface area contributed by atoms with E-state index in [9.17, 15) is 4.79 Å². The first-order chi connectivity index (χ1) is 9.25. The van der Waals surface area contributed by atoms with Crippen LogP contribution in [0.25, 0.3) is 16.7 Å². The quantitative estimate of drug-likeness (QED) is 0.765. The van der Waals surface area contributed by atoms with Crippen LogP contribution in [0.15, 0.2) is 42.9 Å². The van der Waals surface area contributed by atoms with Gasteiger partial charge >= 0.3 is 5.97 Å². The van der Waals surface area contributed by atoms with Gasteiger partial charge in [0, 0.05) is 0 Å². The second-order valence-electron chi connectivity index (χ2n) is 4.02. The number of carboxylic acids is 1. The molecule has 0 spiro atoms. The number of hydrogen-bond donors (Lipinski definition) is 1. The van der Waals surface area contributed by atoms with E-state index in [1.165, 1.54) is 6.33 Å². The molecular weight excluding hydrogens is 244 g/mol. The Morgan fingerprint density at radius 2 is 2.00 bits per heavy atom. The van der Waals surface area contributed by atoms with Crippen LogP contribution in [0.3, 0.4) is 0 Å². The second kappa shape index (κ2) is 4.49. The highest BCUT2D eigenvalue weighted by Crippen LogP contribution is 2.18. The van der Waals surface area contributed by atoms with Crippen molar-refractivity contribution in [3.8, 4) is 5.69 Å². The van der Waals surface area contributed by atoms with Crippen molar-refractivity contribution in [2.45, 2.75) is 6.42 Å². The number of carboxylic acid groups (broad SMARTS) is 1. The number of hydrogen-bond acceptors (Lipinski definition) is 4. The van der Waals surface area contributed by atoms with Crippen molar-refractivity contribution in [2.24, 2.45) is 0 Å². The van der Waals surface area contributed by atoms with E-state index in [1.54, 1.807) is 10.9 Å². The molecule has 0 aliphatic carbocycles. The lowest BCUT2D eigenvalue weighted by molar-refractivity contribution is -0.136. The van der Waals surface area contributed by atoms with Crippen LogP contribution >= 0.6 is 0 Å². The SMILES string of the molecule is O=C(O)Cc1ncnc2c1cnn2-c1ccccc1. The van der Waals surface area contributed by atoms with Crippen molar-refractivity contribution in [1.29, 1.82) is 0 Å². The molecule has 0 fully saturated rings. The van der Waals surface area contributed by atoms with Gasteiger partial charge in [-0.15, -0.1) is 0 Å². The first-order valence-corrected chi connectivity index (χ1v) is 5.70. The van der Waals surface area contributed by atoms with Crippen molar-refractivity contribution >= 4 is 17.0 Å². The minimum atomic E-state index is -0.924. The Labute approximate surface area is 108 Å². The number of carbonyl (C=O) groups is 1. The van der Waals surface area contributed by atoms with Crippen LogP contribution in [-0.2, 0) is 11.2 Å². The Morgan fingerprint density at radius 3 is 2.74 bits per heavy atom. The van der Waals surface area contributed by atoms with E-state index in [1.807, 2.05) is 30.3 Å². The molecule has 0 aliphatic heterocycles. The lowest BCUT2D eigenvalue weighted by Gasteiger charge is -2.02. The van der Waals surface area contributed by atoms with Gasteiger partial charge in [-0.3, -0.25) is 4.79 Å². The van der Waals surface area contributed by atoms with Crippen LogP contribution < -0.4 is 0 Å². The first-order valence-electron chi connectivity index (χ1n) is 5.70. The van der Waals surface area contributed by atoms with E-state index < -0.39 is 5.97 Å². The lowest BCUT2D eigenvalue weighted by atomic mass is 10.2. The molecule has 0 saturated carbocycles. The van der Waals surface area contributed by atoms with Gasteiger partial charge in [0.15, 0.2) is 5.65 Å². The maximum absolute atomic E-state index is 10.8. The Kier molecular flexibility index (Phi) is 2.68. The topological polar surface area (TPSA) is 80.9 Å². The fourth-order valence-electron chi connectivity index (χ4n) is 1.93. The zero-order chi connectivity index (χ0) is 13.2. The van der Waals surface area contributed by atoms with Gasteiger partial charge in [-0.05, 0) is 12.1 Å². The third-order valence-electron chi connectivity index (χ3n) is 2.77. The molecule has 94 valence electrons. The van der Waals surface area contributed by atoms with E-state index in [4.69, 9.17) is 5.11 Å². The van der Waals surface area contributed by atoms with Crippen LogP contribution in [0, 0.1) is 0 Å². The van der Waals surface area contributed by atoms with Gasteiger partial charge in [0.2, 0.25) is 0 Å². The summed E-state index contributed by atoms with van der Waals surface area (Å²) in [6, 6.07) is 9.54. The van der Waals surface area contributed by atoms with E-state index in [0.29, 0.717) is 16.7 Å². The Bertz CT molecular complexity index is 737. The Hall–Kier alpha value is -2.76. The molecule has 3 aromatic rings. The summed E-state index contributed by atoms with van der Waals surface area (Å²) in [6.07, 6.45) is 2.82. The molecule has 0 amide bonds. The zero-order valence-electron chi connectivity index (χ0n) is 9.89. The lowest BCUT2D eigenvalue weighted by Crippen LogP contribution is -2.04. The molecule has 1 N–H and O–H groups in total. The van der Waals surface area contributed by atoms with Gasteiger partial charge < -0.3 is 5.11 Å². The predicted molar refractivity (Wildman–Crippen MR) is 68.0 cm³/mol. The van der Waals surface area contributed by atoms with Crippen molar-refractivity contribution in [3.63, 3.8) is 0 Å². The standard InChI is InChI=1S/C13H10N4O2/c18-12(19)6-11-10-7-16-17(13(10)15-8-14-11)9-4-2-1-3-5-9/h1-5,7-8H,6H2,(H,18,19). The Morgan fingerprint density at radius 1 is 1.21 bits per heavy atom. The first kappa shape index (κ1) is 11.3. The molecule has 0 bridgehead atoms. The predicted octanol–water partition coefficient (Wildman–Crippen LogP) is 1.44. The number of aliphatic carboxylic acids is 1. The van der Waals surface area contributed by atoms with Crippen molar-refractivity contribution in [1.82, 2.24) is 19.7 Å². The molecule has 0 radical (unpaired) electrons. The largest absolute Gasteiger partial charge is 0.481 e. The summed E-state index contributed by atoms with van der Waals surface area (Å²) in [5, 5.41) is 13.8. The molecule has 6 nitrogen and oxygen atoms in total. The fraction of sp³-hybridized carbons (Fsp3) is 0.0769. The third-order valence-corrected chi connectivity index (χ3v) is 2.77. The van der Waals surface area contributed by atoms with E-state index in [0.717, 1.165) is 5.69 Å². The number of nitrogens with zero attached hydrogens (tertiary/aromatic N) is 4. The summed E-state index contributed by atoms with van der Waals surface area (Å²) < 4.78 is 1.67. The highest BCUT2D eigenvalue weighted by atomic mass is 16.4. The molecule has 0 saturated heterocycles. The minimum Gasteiger partial charge on any atom is -0.481 e. The van der Waals surface area contributed by atoms with Crippen LogP contribution in [0.5, 0.6) is 0 Å². The van der Waals surface area contributed by atoms with Crippen LogP contribution in [0.4, 0.5) is 0 Å². The number of benzene rings is 1. The Balaban J connectivity index is 2.17. The van der Waals surface area contributed by atoms with Crippen molar-refractivity contribution in [3.05, 3.63) is 48.5 Å². The third kappa shape index (κ3) is 2.03. The molecular formula is C13H10N4O2. The van der Waals surface area contributed by atoms with Crippen LogP contribution in [0.2, 0.25) is 0 Å². The maximum Gasteiger partial charge on any atom is 0.309 e. The molecule has 0 aliphatic rings. The molecule has 0 atom stereocenters. The summed E-state index contributed by atoms with van der Waals surface area (Å²) in [5.74, 6) is -0.924. The maximum atomic E-state index is 10.8.